The summed E-state index contributed by atoms with van der Waals surface area (Å²) in [5, 5.41) is 20.6. The summed E-state index contributed by atoms with van der Waals surface area (Å²) < 4.78 is 0. The van der Waals surface area contributed by atoms with Gasteiger partial charge in [0.25, 0.3) is 0 Å². The van der Waals surface area contributed by atoms with Gasteiger partial charge in [0.15, 0.2) is 0 Å². The molecule has 2 N–H and O–H groups in total. The number of fused-ring (bicyclic) bond motifs is 3. The standard InChI is InChI=1S/C17H12N2OS/c20-12-5-3-4-11(8-12)18-17-15-10-21-9-14(15)13-6-1-2-7-16(13)19-17/h1-10,20H,(H,18,19). The van der Waals surface area contributed by atoms with E-state index in [-0.39, 0.29) is 5.75 Å². The monoisotopic (exact) mass is 292 g/mol. The van der Waals surface area contributed by atoms with Crippen molar-refractivity contribution in [3.05, 3.63) is 59.3 Å². The smallest absolute Gasteiger partial charge is 0.139 e. The predicted octanol–water partition coefficient (Wildman–Crippen LogP) is 4.90. The van der Waals surface area contributed by atoms with Crippen LogP contribution in [0.1, 0.15) is 0 Å². The van der Waals surface area contributed by atoms with Gasteiger partial charge in [0.05, 0.1) is 5.52 Å². The van der Waals surface area contributed by atoms with E-state index >= 15 is 0 Å². The summed E-state index contributed by atoms with van der Waals surface area (Å²) in [6.45, 7) is 0. The molecule has 0 unspecified atom stereocenters. The maximum absolute atomic E-state index is 9.58. The van der Waals surface area contributed by atoms with Gasteiger partial charge in [-0.15, -0.1) is 0 Å². The average Bonchev–Trinajstić information content (AvgIpc) is 2.97. The van der Waals surface area contributed by atoms with E-state index in [1.165, 1.54) is 5.39 Å². The number of anilines is 2. The van der Waals surface area contributed by atoms with Crippen LogP contribution in [0.3, 0.4) is 0 Å². The van der Waals surface area contributed by atoms with Crippen molar-refractivity contribution >= 4 is 44.5 Å². The molecule has 2 heterocycles. The lowest BCUT2D eigenvalue weighted by atomic mass is 10.1. The van der Waals surface area contributed by atoms with Gasteiger partial charge in [0.1, 0.15) is 11.6 Å². The molecule has 3 nitrogen and oxygen atoms in total. The molecule has 0 fully saturated rings. The molecule has 0 aliphatic heterocycles. The van der Waals surface area contributed by atoms with Crippen LogP contribution in [0, 0.1) is 0 Å². The van der Waals surface area contributed by atoms with Crippen molar-refractivity contribution in [1.82, 2.24) is 4.98 Å². The molecule has 0 aliphatic carbocycles. The normalized spacial score (nSPS) is 11.0. The van der Waals surface area contributed by atoms with Gasteiger partial charge in [0.2, 0.25) is 0 Å². The molecule has 0 radical (unpaired) electrons. The van der Waals surface area contributed by atoms with E-state index in [0.29, 0.717) is 0 Å². The molecule has 0 aliphatic rings. The van der Waals surface area contributed by atoms with Crippen LogP contribution in [0.5, 0.6) is 5.75 Å². The van der Waals surface area contributed by atoms with Gasteiger partial charge in [-0.3, -0.25) is 0 Å². The van der Waals surface area contributed by atoms with Gasteiger partial charge >= 0.3 is 0 Å². The van der Waals surface area contributed by atoms with E-state index in [1.54, 1.807) is 23.5 Å². The molecular formula is C17H12N2OS. The number of benzene rings is 2. The Kier molecular flexibility index (Phi) is 2.75. The second-order valence-electron chi connectivity index (χ2n) is 4.85. The number of nitrogens with zero attached hydrogens (tertiary/aromatic N) is 1. The van der Waals surface area contributed by atoms with Crippen molar-refractivity contribution in [3.63, 3.8) is 0 Å². The maximum atomic E-state index is 9.58. The van der Waals surface area contributed by atoms with E-state index in [4.69, 9.17) is 4.98 Å². The average molecular weight is 292 g/mol. The molecular weight excluding hydrogens is 280 g/mol. The molecule has 2 aromatic carbocycles. The Balaban J connectivity index is 1.92. The quantitative estimate of drug-likeness (QED) is 0.552. The van der Waals surface area contributed by atoms with E-state index in [0.717, 1.165) is 27.8 Å². The molecule has 2 aromatic heterocycles. The Labute approximate surface area is 125 Å². The van der Waals surface area contributed by atoms with Crippen LogP contribution in [0.2, 0.25) is 0 Å². The number of hydrogen-bond donors (Lipinski definition) is 2. The van der Waals surface area contributed by atoms with Gasteiger partial charge < -0.3 is 10.4 Å². The van der Waals surface area contributed by atoms with Crippen LogP contribution in [-0.4, -0.2) is 10.1 Å². The van der Waals surface area contributed by atoms with Crippen molar-refractivity contribution in [2.45, 2.75) is 0 Å². The number of rotatable bonds is 2. The summed E-state index contributed by atoms with van der Waals surface area (Å²) in [7, 11) is 0. The lowest BCUT2D eigenvalue weighted by Gasteiger charge is -2.09. The first-order valence-corrected chi connectivity index (χ1v) is 7.56. The fourth-order valence-electron chi connectivity index (χ4n) is 2.48. The number of nitrogens with one attached hydrogen (secondary N) is 1. The number of aromatic nitrogens is 1. The summed E-state index contributed by atoms with van der Waals surface area (Å²) in [6.07, 6.45) is 0. The molecule has 4 heteroatoms. The minimum atomic E-state index is 0.238. The number of hydrogen-bond acceptors (Lipinski definition) is 4. The molecule has 0 saturated heterocycles. The molecule has 0 atom stereocenters. The van der Waals surface area contributed by atoms with Gasteiger partial charge in [-0.1, -0.05) is 24.3 Å². The van der Waals surface area contributed by atoms with Crippen LogP contribution in [-0.2, 0) is 0 Å². The van der Waals surface area contributed by atoms with Gasteiger partial charge in [0, 0.05) is 33.3 Å². The SMILES string of the molecule is Oc1cccc(Nc2nc3ccccc3c3cscc23)c1. The van der Waals surface area contributed by atoms with Crippen LogP contribution in [0.25, 0.3) is 21.7 Å². The summed E-state index contributed by atoms with van der Waals surface area (Å²) in [5.41, 5.74) is 1.79. The second kappa shape index (κ2) is 4.75. The molecule has 0 spiro atoms. The zero-order valence-electron chi connectivity index (χ0n) is 11.1. The van der Waals surface area contributed by atoms with Crippen LogP contribution < -0.4 is 5.32 Å². The minimum Gasteiger partial charge on any atom is -0.508 e. The van der Waals surface area contributed by atoms with Gasteiger partial charge in [-0.05, 0) is 23.6 Å². The Bertz CT molecular complexity index is 946. The number of phenolic OH excluding ortho intramolecular Hbond substituents is 1. The Morgan fingerprint density at radius 1 is 0.905 bits per heavy atom. The van der Waals surface area contributed by atoms with Crippen molar-refractivity contribution < 1.29 is 5.11 Å². The summed E-state index contributed by atoms with van der Waals surface area (Å²) in [6, 6.07) is 15.2. The zero-order valence-corrected chi connectivity index (χ0v) is 11.9. The third-order valence-electron chi connectivity index (χ3n) is 3.45. The largest absolute Gasteiger partial charge is 0.508 e. The van der Waals surface area contributed by atoms with Crippen LogP contribution in [0.4, 0.5) is 11.5 Å². The minimum absolute atomic E-state index is 0.238. The molecule has 0 saturated carbocycles. The van der Waals surface area contributed by atoms with Crippen LogP contribution in [0.15, 0.2) is 59.3 Å². The molecule has 102 valence electrons. The number of para-hydroxylation sites is 1. The van der Waals surface area contributed by atoms with E-state index in [2.05, 4.69) is 22.1 Å². The molecule has 21 heavy (non-hydrogen) atoms. The van der Waals surface area contributed by atoms with Gasteiger partial charge in [-0.25, -0.2) is 4.98 Å². The van der Waals surface area contributed by atoms with Gasteiger partial charge in [-0.2, -0.15) is 11.3 Å². The van der Waals surface area contributed by atoms with E-state index in [1.807, 2.05) is 30.3 Å². The first kappa shape index (κ1) is 12.2. The maximum Gasteiger partial charge on any atom is 0.139 e. The highest BCUT2D eigenvalue weighted by molar-refractivity contribution is 7.09. The Hall–Kier alpha value is -2.59. The molecule has 0 bridgehead atoms. The van der Waals surface area contributed by atoms with Crippen molar-refractivity contribution in [3.8, 4) is 5.75 Å². The lowest BCUT2D eigenvalue weighted by molar-refractivity contribution is 0.475. The fraction of sp³-hybridized carbons (Fsp3) is 0. The Morgan fingerprint density at radius 3 is 2.67 bits per heavy atom. The highest BCUT2D eigenvalue weighted by Gasteiger charge is 2.09. The summed E-state index contributed by atoms with van der Waals surface area (Å²) in [4.78, 5) is 4.71. The number of phenols is 1. The van der Waals surface area contributed by atoms with E-state index < -0.39 is 0 Å². The Morgan fingerprint density at radius 2 is 1.76 bits per heavy atom. The number of aromatic hydroxyl groups is 1. The first-order valence-electron chi connectivity index (χ1n) is 6.62. The number of pyridine rings is 1. The molecule has 4 aromatic rings. The number of thiophene rings is 1. The third-order valence-corrected chi connectivity index (χ3v) is 4.20. The first-order chi connectivity index (χ1) is 10.3. The van der Waals surface area contributed by atoms with Crippen LogP contribution >= 0.6 is 11.3 Å². The second-order valence-corrected chi connectivity index (χ2v) is 5.60. The highest BCUT2D eigenvalue weighted by Crippen LogP contribution is 2.33. The van der Waals surface area contributed by atoms with E-state index in [9.17, 15) is 5.11 Å². The third kappa shape index (κ3) is 2.10. The summed E-state index contributed by atoms with van der Waals surface area (Å²) in [5.74, 6) is 1.05. The summed E-state index contributed by atoms with van der Waals surface area (Å²) >= 11 is 1.67. The predicted molar refractivity (Wildman–Crippen MR) is 88.5 cm³/mol. The van der Waals surface area contributed by atoms with Crippen molar-refractivity contribution in [2.75, 3.05) is 5.32 Å². The van der Waals surface area contributed by atoms with Crippen molar-refractivity contribution in [2.24, 2.45) is 0 Å². The topological polar surface area (TPSA) is 45.1 Å². The lowest BCUT2D eigenvalue weighted by Crippen LogP contribution is -1.94. The van der Waals surface area contributed by atoms with Crippen molar-refractivity contribution in [1.29, 1.82) is 0 Å². The zero-order chi connectivity index (χ0) is 14.2. The highest BCUT2D eigenvalue weighted by atomic mass is 32.1. The molecule has 4 rings (SSSR count). The fourth-order valence-corrected chi connectivity index (χ4v) is 3.32. The molecule has 0 amide bonds.